The number of aromatic nitrogens is 2. The largest absolute Gasteiger partial charge is 0.377 e. The standard InChI is InChI=1S/C11H15ClN2O2S/c1-7-8(3-4-16-7)17-11-5-9(12)13-10(14-11)6-15-2/h5,7-8H,3-4,6H2,1-2H3. The Labute approximate surface area is 110 Å². The molecule has 0 amide bonds. The van der Waals surface area contributed by atoms with Gasteiger partial charge in [0.1, 0.15) is 16.8 Å². The summed E-state index contributed by atoms with van der Waals surface area (Å²) < 4.78 is 10.5. The van der Waals surface area contributed by atoms with Crippen LogP contribution in [-0.4, -0.2) is 35.0 Å². The summed E-state index contributed by atoms with van der Waals surface area (Å²) in [5, 5.41) is 1.79. The first-order valence-corrected chi connectivity index (χ1v) is 6.75. The number of nitrogens with zero attached hydrogens (tertiary/aromatic N) is 2. The lowest BCUT2D eigenvalue weighted by Gasteiger charge is -2.13. The number of methoxy groups -OCH3 is 1. The van der Waals surface area contributed by atoms with Gasteiger partial charge >= 0.3 is 0 Å². The van der Waals surface area contributed by atoms with Crippen LogP contribution in [0.1, 0.15) is 19.2 Å². The van der Waals surface area contributed by atoms with E-state index in [2.05, 4.69) is 16.9 Å². The summed E-state index contributed by atoms with van der Waals surface area (Å²) in [6.45, 7) is 3.29. The minimum absolute atomic E-state index is 0.264. The smallest absolute Gasteiger partial charge is 0.156 e. The molecule has 1 aliphatic heterocycles. The van der Waals surface area contributed by atoms with Crippen LogP contribution in [0, 0.1) is 0 Å². The van der Waals surface area contributed by atoms with Crippen LogP contribution in [0.15, 0.2) is 11.1 Å². The molecule has 1 fully saturated rings. The summed E-state index contributed by atoms with van der Waals surface area (Å²) in [5.41, 5.74) is 0. The Morgan fingerprint density at radius 1 is 1.59 bits per heavy atom. The van der Waals surface area contributed by atoms with Gasteiger partial charge < -0.3 is 9.47 Å². The van der Waals surface area contributed by atoms with Crippen LogP contribution in [0.5, 0.6) is 0 Å². The van der Waals surface area contributed by atoms with Crippen LogP contribution in [0.4, 0.5) is 0 Å². The molecular formula is C11H15ClN2O2S. The van der Waals surface area contributed by atoms with Crippen molar-refractivity contribution < 1.29 is 9.47 Å². The second kappa shape index (κ2) is 6.00. The molecule has 17 heavy (non-hydrogen) atoms. The molecule has 6 heteroatoms. The van der Waals surface area contributed by atoms with Crippen molar-refractivity contribution in [1.29, 1.82) is 0 Å². The van der Waals surface area contributed by atoms with E-state index in [0.29, 0.717) is 22.8 Å². The molecule has 2 heterocycles. The first kappa shape index (κ1) is 13.1. The number of halogens is 1. The summed E-state index contributed by atoms with van der Waals surface area (Å²) in [6, 6.07) is 1.79. The van der Waals surface area contributed by atoms with Crippen LogP contribution < -0.4 is 0 Å². The highest BCUT2D eigenvalue weighted by Gasteiger charge is 2.25. The first-order valence-electron chi connectivity index (χ1n) is 5.49. The van der Waals surface area contributed by atoms with Gasteiger partial charge in [0.05, 0.1) is 6.10 Å². The van der Waals surface area contributed by atoms with Gasteiger partial charge in [-0.2, -0.15) is 0 Å². The number of hydrogen-bond donors (Lipinski definition) is 0. The van der Waals surface area contributed by atoms with Crippen molar-refractivity contribution in [3.63, 3.8) is 0 Å². The normalized spacial score (nSPS) is 24.2. The second-order valence-electron chi connectivity index (χ2n) is 3.90. The Kier molecular flexibility index (Phi) is 4.62. The summed E-state index contributed by atoms with van der Waals surface area (Å²) in [4.78, 5) is 8.51. The molecule has 2 unspecified atom stereocenters. The van der Waals surface area contributed by atoms with Gasteiger partial charge in [-0.05, 0) is 13.3 Å². The SMILES string of the molecule is COCc1nc(Cl)cc(SC2CCOC2C)n1. The summed E-state index contributed by atoms with van der Waals surface area (Å²) >= 11 is 7.65. The van der Waals surface area contributed by atoms with Crippen molar-refractivity contribution >= 4 is 23.4 Å². The average Bonchev–Trinajstić information content (AvgIpc) is 2.64. The zero-order chi connectivity index (χ0) is 12.3. The molecule has 0 saturated carbocycles. The molecule has 2 atom stereocenters. The van der Waals surface area contributed by atoms with E-state index in [1.807, 2.05) is 0 Å². The molecule has 1 aromatic heterocycles. The number of rotatable bonds is 4. The van der Waals surface area contributed by atoms with Crippen LogP contribution in [0.3, 0.4) is 0 Å². The predicted octanol–water partition coefficient (Wildman–Crippen LogP) is 2.55. The molecule has 0 spiro atoms. The van der Waals surface area contributed by atoms with Crippen LogP contribution >= 0.6 is 23.4 Å². The first-order chi connectivity index (χ1) is 8.19. The highest BCUT2D eigenvalue weighted by atomic mass is 35.5. The molecule has 0 bridgehead atoms. The molecule has 0 N–H and O–H groups in total. The zero-order valence-corrected chi connectivity index (χ0v) is 11.4. The monoisotopic (exact) mass is 274 g/mol. The molecule has 1 saturated heterocycles. The van der Waals surface area contributed by atoms with E-state index < -0.39 is 0 Å². The lowest BCUT2D eigenvalue weighted by Crippen LogP contribution is -2.13. The van der Waals surface area contributed by atoms with E-state index in [0.717, 1.165) is 18.1 Å². The Balaban J connectivity index is 2.09. The van der Waals surface area contributed by atoms with Gasteiger partial charge in [-0.1, -0.05) is 11.6 Å². The quantitative estimate of drug-likeness (QED) is 0.790. The lowest BCUT2D eigenvalue weighted by molar-refractivity contribution is 0.127. The zero-order valence-electron chi connectivity index (χ0n) is 9.85. The molecule has 0 aromatic carbocycles. The maximum Gasteiger partial charge on any atom is 0.156 e. The van der Waals surface area contributed by atoms with Crippen molar-refractivity contribution in [3.05, 3.63) is 17.0 Å². The van der Waals surface area contributed by atoms with Crippen molar-refractivity contribution in [2.45, 2.75) is 36.3 Å². The molecule has 1 aliphatic rings. The summed E-state index contributed by atoms with van der Waals surface area (Å²) in [5.74, 6) is 0.620. The molecule has 0 aliphatic carbocycles. The van der Waals surface area contributed by atoms with Crippen LogP contribution in [0.25, 0.3) is 0 Å². The van der Waals surface area contributed by atoms with Crippen molar-refractivity contribution in [3.8, 4) is 0 Å². The van der Waals surface area contributed by atoms with E-state index in [1.165, 1.54) is 0 Å². The minimum atomic E-state index is 0.264. The van der Waals surface area contributed by atoms with Gasteiger partial charge in [0.15, 0.2) is 5.82 Å². The summed E-state index contributed by atoms with van der Waals surface area (Å²) in [6.07, 6.45) is 1.31. The average molecular weight is 275 g/mol. The van der Waals surface area contributed by atoms with Gasteiger partial charge in [0.25, 0.3) is 0 Å². The molecule has 4 nitrogen and oxygen atoms in total. The van der Waals surface area contributed by atoms with Gasteiger partial charge in [-0.25, -0.2) is 9.97 Å². The number of ether oxygens (including phenoxy) is 2. The molecule has 1 aromatic rings. The highest BCUT2D eigenvalue weighted by molar-refractivity contribution is 7.99. The molecular weight excluding hydrogens is 260 g/mol. The van der Waals surface area contributed by atoms with Gasteiger partial charge in [-0.15, -0.1) is 11.8 Å². The fourth-order valence-corrected chi connectivity index (χ4v) is 3.12. The third-order valence-corrected chi connectivity index (χ3v) is 4.14. The Morgan fingerprint density at radius 3 is 3.06 bits per heavy atom. The topological polar surface area (TPSA) is 44.2 Å². The van der Waals surface area contributed by atoms with Crippen molar-refractivity contribution in [2.24, 2.45) is 0 Å². The van der Waals surface area contributed by atoms with E-state index in [-0.39, 0.29) is 6.10 Å². The molecule has 94 valence electrons. The van der Waals surface area contributed by atoms with E-state index in [1.54, 1.807) is 24.9 Å². The fourth-order valence-electron chi connectivity index (χ4n) is 1.72. The maximum atomic E-state index is 5.96. The Bertz CT molecular complexity index is 392. The minimum Gasteiger partial charge on any atom is -0.377 e. The maximum absolute atomic E-state index is 5.96. The predicted molar refractivity (Wildman–Crippen MR) is 67.4 cm³/mol. The summed E-state index contributed by atoms with van der Waals surface area (Å²) in [7, 11) is 1.62. The Hall–Kier alpha value is -0.360. The van der Waals surface area contributed by atoms with E-state index in [4.69, 9.17) is 21.1 Å². The third-order valence-electron chi connectivity index (χ3n) is 2.57. The number of hydrogen-bond acceptors (Lipinski definition) is 5. The van der Waals surface area contributed by atoms with Crippen LogP contribution in [-0.2, 0) is 16.1 Å². The molecule has 2 rings (SSSR count). The second-order valence-corrected chi connectivity index (χ2v) is 5.55. The third kappa shape index (κ3) is 3.55. The van der Waals surface area contributed by atoms with Gasteiger partial charge in [0.2, 0.25) is 0 Å². The van der Waals surface area contributed by atoms with Gasteiger partial charge in [-0.3, -0.25) is 0 Å². The molecule has 0 radical (unpaired) electrons. The van der Waals surface area contributed by atoms with Crippen LogP contribution in [0.2, 0.25) is 5.15 Å². The Morgan fingerprint density at radius 2 is 2.41 bits per heavy atom. The lowest BCUT2D eigenvalue weighted by atomic mass is 10.3. The number of thioether (sulfide) groups is 1. The fraction of sp³-hybridized carbons (Fsp3) is 0.636. The van der Waals surface area contributed by atoms with E-state index >= 15 is 0 Å². The van der Waals surface area contributed by atoms with Gasteiger partial charge in [0, 0.05) is 25.0 Å². The highest BCUT2D eigenvalue weighted by Crippen LogP contribution is 2.32. The van der Waals surface area contributed by atoms with Crippen molar-refractivity contribution in [1.82, 2.24) is 9.97 Å². The van der Waals surface area contributed by atoms with E-state index in [9.17, 15) is 0 Å². The van der Waals surface area contributed by atoms with Crippen molar-refractivity contribution in [2.75, 3.05) is 13.7 Å².